The first-order valence-electron chi connectivity index (χ1n) is 8.56. The summed E-state index contributed by atoms with van der Waals surface area (Å²) >= 11 is 0. The lowest BCUT2D eigenvalue weighted by Crippen LogP contribution is -2.32. The Labute approximate surface area is 149 Å². The zero-order chi connectivity index (χ0) is 18.4. The van der Waals surface area contributed by atoms with Crippen LogP contribution in [-0.2, 0) is 0 Å². The van der Waals surface area contributed by atoms with Gasteiger partial charge in [0.15, 0.2) is 0 Å². The first kappa shape index (κ1) is 18.9. The second kappa shape index (κ2) is 8.62. The normalized spacial score (nSPS) is 12.1. The van der Waals surface area contributed by atoms with Crippen LogP contribution in [0.2, 0.25) is 0 Å². The zero-order valence-electron chi connectivity index (χ0n) is 15.4. The lowest BCUT2D eigenvalue weighted by Gasteiger charge is -2.14. The van der Waals surface area contributed by atoms with Crippen LogP contribution >= 0.6 is 0 Å². The molecule has 1 atom stereocenters. The Morgan fingerprint density at radius 1 is 1.16 bits per heavy atom. The number of anilines is 1. The van der Waals surface area contributed by atoms with Crippen molar-refractivity contribution in [2.45, 2.75) is 26.4 Å². The molecule has 134 valence electrons. The van der Waals surface area contributed by atoms with Crippen molar-refractivity contribution in [1.82, 2.24) is 10.3 Å². The lowest BCUT2D eigenvalue weighted by atomic mass is 10.0. The Kier molecular flexibility index (Phi) is 6.53. The Balaban J connectivity index is 2.06. The largest absolute Gasteiger partial charge is 0.391 e. The van der Waals surface area contributed by atoms with Crippen LogP contribution in [0.25, 0.3) is 11.1 Å². The molecule has 0 aliphatic heterocycles. The van der Waals surface area contributed by atoms with Gasteiger partial charge in [0.05, 0.1) is 11.7 Å². The molecule has 2 aromatic rings. The van der Waals surface area contributed by atoms with E-state index in [0.717, 1.165) is 16.8 Å². The minimum atomic E-state index is -0.529. The van der Waals surface area contributed by atoms with Crippen molar-refractivity contribution < 1.29 is 9.90 Å². The molecule has 0 saturated carbocycles. The first-order chi connectivity index (χ1) is 11.9. The minimum absolute atomic E-state index is 0.220. The van der Waals surface area contributed by atoms with Gasteiger partial charge in [0, 0.05) is 44.3 Å². The number of rotatable bonds is 7. The van der Waals surface area contributed by atoms with E-state index in [1.165, 1.54) is 0 Å². The van der Waals surface area contributed by atoms with Crippen LogP contribution in [0.4, 0.5) is 5.69 Å². The molecule has 1 amide bonds. The third-order valence-corrected chi connectivity index (χ3v) is 3.96. The van der Waals surface area contributed by atoms with E-state index in [1.54, 1.807) is 12.4 Å². The summed E-state index contributed by atoms with van der Waals surface area (Å²) in [5.74, 6) is 0.170. The molecule has 0 saturated heterocycles. The Bertz CT molecular complexity index is 696. The average molecular weight is 341 g/mol. The van der Waals surface area contributed by atoms with Gasteiger partial charge in [0.25, 0.3) is 5.91 Å². The number of carbonyl (C=O) groups excluding carboxylic acids is 1. The van der Waals surface area contributed by atoms with Crippen LogP contribution in [0.15, 0.2) is 42.7 Å². The van der Waals surface area contributed by atoms with Gasteiger partial charge in [-0.25, -0.2) is 0 Å². The minimum Gasteiger partial charge on any atom is -0.391 e. The van der Waals surface area contributed by atoms with Crippen molar-refractivity contribution in [3.63, 3.8) is 0 Å². The molecule has 0 aliphatic carbocycles. The monoisotopic (exact) mass is 341 g/mol. The van der Waals surface area contributed by atoms with Crippen LogP contribution in [0.3, 0.4) is 0 Å². The van der Waals surface area contributed by atoms with Gasteiger partial charge in [0.2, 0.25) is 0 Å². The smallest absolute Gasteiger partial charge is 0.252 e. The maximum Gasteiger partial charge on any atom is 0.252 e. The van der Waals surface area contributed by atoms with E-state index < -0.39 is 6.10 Å². The van der Waals surface area contributed by atoms with E-state index >= 15 is 0 Å². The highest BCUT2D eigenvalue weighted by molar-refractivity contribution is 5.95. The SMILES string of the molecule is CC(C)CC(O)CNC(=O)c1cncc(-c2ccc(N(C)C)cc2)c1. The topological polar surface area (TPSA) is 65.5 Å². The number of nitrogens with zero attached hydrogens (tertiary/aromatic N) is 2. The molecule has 25 heavy (non-hydrogen) atoms. The molecule has 0 aliphatic rings. The quantitative estimate of drug-likeness (QED) is 0.813. The van der Waals surface area contributed by atoms with E-state index in [-0.39, 0.29) is 12.5 Å². The van der Waals surface area contributed by atoms with Gasteiger partial charge in [0.1, 0.15) is 0 Å². The molecular formula is C20H27N3O2. The zero-order valence-corrected chi connectivity index (χ0v) is 15.4. The Morgan fingerprint density at radius 3 is 2.44 bits per heavy atom. The summed E-state index contributed by atoms with van der Waals surface area (Å²) in [7, 11) is 3.99. The summed E-state index contributed by atoms with van der Waals surface area (Å²) in [6, 6.07) is 9.91. The molecule has 1 aromatic carbocycles. The van der Waals surface area contributed by atoms with Gasteiger partial charge in [-0.05, 0) is 36.1 Å². The molecule has 2 rings (SSSR count). The van der Waals surface area contributed by atoms with Gasteiger partial charge in [-0.1, -0.05) is 26.0 Å². The lowest BCUT2D eigenvalue weighted by molar-refractivity contribution is 0.0900. The molecule has 0 spiro atoms. The van der Waals surface area contributed by atoms with Crippen molar-refractivity contribution in [3.8, 4) is 11.1 Å². The molecule has 0 fully saturated rings. The van der Waals surface area contributed by atoms with E-state index in [2.05, 4.69) is 10.3 Å². The number of hydrogen-bond donors (Lipinski definition) is 2. The molecule has 0 bridgehead atoms. The Hall–Kier alpha value is -2.40. The van der Waals surface area contributed by atoms with Gasteiger partial charge >= 0.3 is 0 Å². The number of aliphatic hydroxyl groups is 1. The number of nitrogens with one attached hydrogen (secondary N) is 1. The fourth-order valence-corrected chi connectivity index (χ4v) is 2.61. The Morgan fingerprint density at radius 2 is 1.84 bits per heavy atom. The van der Waals surface area contributed by atoms with E-state index in [0.29, 0.717) is 17.9 Å². The van der Waals surface area contributed by atoms with E-state index in [1.807, 2.05) is 63.2 Å². The summed E-state index contributed by atoms with van der Waals surface area (Å²) in [6.45, 7) is 4.33. The second-order valence-corrected chi connectivity index (χ2v) is 6.90. The number of benzene rings is 1. The van der Waals surface area contributed by atoms with E-state index in [4.69, 9.17) is 0 Å². The molecule has 5 nitrogen and oxygen atoms in total. The predicted molar refractivity (Wildman–Crippen MR) is 102 cm³/mol. The van der Waals surface area contributed by atoms with Gasteiger partial charge in [-0.15, -0.1) is 0 Å². The molecule has 1 aromatic heterocycles. The summed E-state index contributed by atoms with van der Waals surface area (Å²) in [6.07, 6.45) is 3.42. The molecule has 2 N–H and O–H groups in total. The molecular weight excluding hydrogens is 314 g/mol. The number of amides is 1. The van der Waals surface area contributed by atoms with Crippen molar-refractivity contribution >= 4 is 11.6 Å². The van der Waals surface area contributed by atoms with E-state index in [9.17, 15) is 9.90 Å². The van der Waals surface area contributed by atoms with Crippen molar-refractivity contribution in [2.24, 2.45) is 5.92 Å². The number of aromatic nitrogens is 1. The number of aliphatic hydroxyl groups excluding tert-OH is 1. The molecule has 1 unspecified atom stereocenters. The van der Waals surface area contributed by atoms with Crippen LogP contribution in [0.1, 0.15) is 30.6 Å². The van der Waals surface area contributed by atoms with Crippen molar-refractivity contribution in [3.05, 3.63) is 48.3 Å². The van der Waals surface area contributed by atoms with Gasteiger partial charge in [-0.3, -0.25) is 9.78 Å². The summed E-state index contributed by atoms with van der Waals surface area (Å²) in [5, 5.41) is 12.7. The van der Waals surface area contributed by atoms with Crippen LogP contribution in [-0.4, -0.2) is 42.7 Å². The van der Waals surface area contributed by atoms with Gasteiger partial charge < -0.3 is 15.3 Å². The predicted octanol–water partition coefficient (Wildman–Crippen LogP) is 2.95. The maximum atomic E-state index is 12.3. The van der Waals surface area contributed by atoms with Crippen molar-refractivity contribution in [2.75, 3.05) is 25.5 Å². The number of carbonyl (C=O) groups is 1. The van der Waals surface area contributed by atoms with Crippen molar-refractivity contribution in [1.29, 1.82) is 0 Å². The van der Waals surface area contributed by atoms with Crippen LogP contribution in [0.5, 0.6) is 0 Å². The third-order valence-electron chi connectivity index (χ3n) is 3.96. The molecule has 5 heteroatoms. The number of hydrogen-bond acceptors (Lipinski definition) is 4. The highest BCUT2D eigenvalue weighted by Gasteiger charge is 2.12. The fraction of sp³-hybridized carbons (Fsp3) is 0.400. The summed E-state index contributed by atoms with van der Waals surface area (Å²) in [4.78, 5) is 18.5. The highest BCUT2D eigenvalue weighted by atomic mass is 16.3. The van der Waals surface area contributed by atoms with Crippen LogP contribution in [0, 0.1) is 5.92 Å². The molecule has 0 radical (unpaired) electrons. The molecule has 1 heterocycles. The van der Waals surface area contributed by atoms with Crippen LogP contribution < -0.4 is 10.2 Å². The standard InChI is InChI=1S/C20H27N3O2/c1-14(2)9-19(24)13-22-20(25)17-10-16(11-21-12-17)15-5-7-18(8-6-15)23(3)4/h5-8,10-12,14,19,24H,9,13H2,1-4H3,(H,22,25). The average Bonchev–Trinajstić information content (AvgIpc) is 2.59. The number of pyridine rings is 1. The second-order valence-electron chi connectivity index (χ2n) is 6.90. The first-order valence-corrected chi connectivity index (χ1v) is 8.56. The maximum absolute atomic E-state index is 12.3. The fourth-order valence-electron chi connectivity index (χ4n) is 2.61. The summed E-state index contributed by atoms with van der Waals surface area (Å²) in [5.41, 5.74) is 3.50. The highest BCUT2D eigenvalue weighted by Crippen LogP contribution is 2.22. The summed E-state index contributed by atoms with van der Waals surface area (Å²) < 4.78 is 0. The van der Waals surface area contributed by atoms with Gasteiger partial charge in [-0.2, -0.15) is 0 Å². The third kappa shape index (κ3) is 5.57.